The van der Waals surface area contributed by atoms with E-state index in [9.17, 15) is 9.18 Å². The van der Waals surface area contributed by atoms with Crippen molar-refractivity contribution in [2.24, 2.45) is 5.73 Å². The van der Waals surface area contributed by atoms with Crippen molar-refractivity contribution in [1.29, 1.82) is 0 Å². The van der Waals surface area contributed by atoms with Gasteiger partial charge in [-0.1, -0.05) is 30.3 Å². The van der Waals surface area contributed by atoms with Crippen LogP contribution in [0.2, 0.25) is 0 Å². The standard InChI is InChI=1S/C22H22FN3O/c1-14-11-17(24)9-10-26(14)22(27)19-13-20(15-5-3-2-4-6-15)25-21-12-16(23)7-8-18(19)21/h2-8,12-14,17H,9-11,24H2,1H3. The Bertz CT molecular complexity index is 990. The molecule has 5 heteroatoms. The molecule has 1 aliphatic rings. The summed E-state index contributed by atoms with van der Waals surface area (Å²) in [5, 5.41) is 0.670. The lowest BCUT2D eigenvalue weighted by molar-refractivity contribution is 0.0621. The Morgan fingerprint density at radius 1 is 1.19 bits per heavy atom. The van der Waals surface area contributed by atoms with Crippen LogP contribution in [0.4, 0.5) is 4.39 Å². The molecule has 1 saturated heterocycles. The summed E-state index contributed by atoms with van der Waals surface area (Å²) < 4.78 is 13.8. The van der Waals surface area contributed by atoms with Crippen LogP contribution in [0.1, 0.15) is 30.1 Å². The number of carbonyl (C=O) groups is 1. The average Bonchev–Trinajstić information content (AvgIpc) is 2.67. The van der Waals surface area contributed by atoms with Crippen molar-refractivity contribution in [1.82, 2.24) is 9.88 Å². The highest BCUT2D eigenvalue weighted by atomic mass is 19.1. The lowest BCUT2D eigenvalue weighted by atomic mass is 9.96. The smallest absolute Gasteiger partial charge is 0.254 e. The number of nitrogens with zero attached hydrogens (tertiary/aromatic N) is 2. The van der Waals surface area contributed by atoms with Crippen LogP contribution in [0.15, 0.2) is 54.6 Å². The molecular weight excluding hydrogens is 341 g/mol. The van der Waals surface area contributed by atoms with Crippen LogP contribution in [0.5, 0.6) is 0 Å². The average molecular weight is 363 g/mol. The van der Waals surface area contributed by atoms with Gasteiger partial charge in [0.2, 0.25) is 0 Å². The summed E-state index contributed by atoms with van der Waals surface area (Å²) >= 11 is 0. The fourth-order valence-corrected chi connectivity index (χ4v) is 3.80. The van der Waals surface area contributed by atoms with E-state index in [1.54, 1.807) is 6.07 Å². The molecular formula is C22H22FN3O. The van der Waals surface area contributed by atoms with Gasteiger partial charge in [0.05, 0.1) is 16.8 Å². The van der Waals surface area contributed by atoms with E-state index in [2.05, 4.69) is 4.98 Å². The quantitative estimate of drug-likeness (QED) is 0.749. The van der Waals surface area contributed by atoms with Gasteiger partial charge in [-0.3, -0.25) is 4.79 Å². The third-order valence-corrected chi connectivity index (χ3v) is 5.25. The molecule has 2 unspecified atom stereocenters. The first-order valence-corrected chi connectivity index (χ1v) is 9.25. The van der Waals surface area contributed by atoms with Crippen LogP contribution >= 0.6 is 0 Å². The van der Waals surface area contributed by atoms with E-state index < -0.39 is 0 Å². The van der Waals surface area contributed by atoms with Crippen molar-refractivity contribution in [2.45, 2.75) is 31.8 Å². The summed E-state index contributed by atoms with van der Waals surface area (Å²) in [6.45, 7) is 2.66. The highest BCUT2D eigenvalue weighted by Crippen LogP contribution is 2.28. The summed E-state index contributed by atoms with van der Waals surface area (Å²) in [4.78, 5) is 19.8. The van der Waals surface area contributed by atoms with E-state index in [4.69, 9.17) is 5.73 Å². The number of hydrogen-bond acceptors (Lipinski definition) is 3. The van der Waals surface area contributed by atoms with E-state index in [1.807, 2.05) is 48.2 Å². The van der Waals surface area contributed by atoms with Gasteiger partial charge in [0, 0.05) is 35.6 Å². The Labute approximate surface area is 157 Å². The highest BCUT2D eigenvalue weighted by molar-refractivity contribution is 6.07. The molecule has 2 aromatic carbocycles. The molecule has 0 aliphatic carbocycles. The third kappa shape index (κ3) is 3.43. The molecule has 2 atom stereocenters. The zero-order valence-corrected chi connectivity index (χ0v) is 15.2. The lowest BCUT2D eigenvalue weighted by Crippen LogP contribution is -2.48. The Hall–Kier alpha value is -2.79. The maximum Gasteiger partial charge on any atom is 0.254 e. The van der Waals surface area contributed by atoms with E-state index in [0.717, 1.165) is 18.4 Å². The maximum atomic E-state index is 13.8. The zero-order valence-electron chi connectivity index (χ0n) is 15.2. The van der Waals surface area contributed by atoms with Crippen LogP contribution in [0, 0.1) is 5.82 Å². The SMILES string of the molecule is CC1CC(N)CCN1C(=O)c1cc(-c2ccccc2)nc2cc(F)ccc12. The van der Waals surface area contributed by atoms with Crippen molar-refractivity contribution in [3.8, 4) is 11.3 Å². The molecule has 1 amide bonds. The normalized spacial score (nSPS) is 20.0. The Balaban J connectivity index is 1.84. The number of aromatic nitrogens is 1. The molecule has 138 valence electrons. The maximum absolute atomic E-state index is 13.8. The van der Waals surface area contributed by atoms with Crippen molar-refractivity contribution < 1.29 is 9.18 Å². The van der Waals surface area contributed by atoms with Crippen LogP contribution in [-0.2, 0) is 0 Å². The fourth-order valence-electron chi connectivity index (χ4n) is 3.80. The summed E-state index contributed by atoms with van der Waals surface area (Å²) in [5.74, 6) is -0.415. The first-order valence-electron chi connectivity index (χ1n) is 9.25. The Morgan fingerprint density at radius 3 is 2.70 bits per heavy atom. The van der Waals surface area contributed by atoms with E-state index in [0.29, 0.717) is 28.7 Å². The fraction of sp³-hybridized carbons (Fsp3) is 0.273. The molecule has 1 aliphatic heterocycles. The number of benzene rings is 2. The van der Waals surface area contributed by atoms with Crippen LogP contribution in [0.3, 0.4) is 0 Å². The molecule has 4 rings (SSSR count). The topological polar surface area (TPSA) is 59.2 Å². The van der Waals surface area contributed by atoms with Crippen LogP contribution in [0.25, 0.3) is 22.2 Å². The van der Waals surface area contributed by atoms with Gasteiger partial charge in [0.25, 0.3) is 5.91 Å². The van der Waals surface area contributed by atoms with Crippen molar-refractivity contribution in [2.75, 3.05) is 6.54 Å². The second-order valence-corrected chi connectivity index (χ2v) is 7.21. The highest BCUT2D eigenvalue weighted by Gasteiger charge is 2.29. The molecule has 1 aromatic heterocycles. The lowest BCUT2D eigenvalue weighted by Gasteiger charge is -2.36. The first kappa shape index (κ1) is 17.6. The van der Waals surface area contributed by atoms with E-state index in [1.165, 1.54) is 12.1 Å². The zero-order chi connectivity index (χ0) is 19.0. The second kappa shape index (κ2) is 7.08. The molecule has 2 N–H and O–H groups in total. The van der Waals surface area contributed by atoms with Crippen LogP contribution < -0.4 is 5.73 Å². The largest absolute Gasteiger partial charge is 0.336 e. The minimum Gasteiger partial charge on any atom is -0.336 e. The molecule has 4 nitrogen and oxygen atoms in total. The number of pyridine rings is 1. The first-order chi connectivity index (χ1) is 13.0. The van der Waals surface area contributed by atoms with Gasteiger partial charge in [0.1, 0.15) is 5.82 Å². The number of carbonyl (C=O) groups excluding carboxylic acids is 1. The van der Waals surface area contributed by atoms with Gasteiger partial charge in [0.15, 0.2) is 0 Å². The van der Waals surface area contributed by atoms with Crippen molar-refractivity contribution in [3.05, 3.63) is 66.0 Å². The molecule has 0 spiro atoms. The van der Waals surface area contributed by atoms with E-state index in [-0.39, 0.29) is 23.8 Å². The predicted molar refractivity (Wildman–Crippen MR) is 105 cm³/mol. The van der Waals surface area contributed by atoms with Gasteiger partial charge >= 0.3 is 0 Å². The number of nitrogens with two attached hydrogens (primary N) is 1. The summed E-state index contributed by atoms with van der Waals surface area (Å²) in [7, 11) is 0. The molecule has 0 bridgehead atoms. The summed E-state index contributed by atoms with van der Waals surface area (Å²) in [5.41, 5.74) is 8.65. The number of piperidine rings is 1. The monoisotopic (exact) mass is 363 g/mol. The van der Waals surface area contributed by atoms with Gasteiger partial charge < -0.3 is 10.6 Å². The molecule has 27 heavy (non-hydrogen) atoms. The Kier molecular flexibility index (Phi) is 4.62. The number of halogens is 1. The molecule has 1 fully saturated rings. The summed E-state index contributed by atoms with van der Waals surface area (Å²) in [6, 6.07) is 16.1. The van der Waals surface area contributed by atoms with Crippen molar-refractivity contribution in [3.63, 3.8) is 0 Å². The van der Waals surface area contributed by atoms with Crippen LogP contribution in [-0.4, -0.2) is 34.4 Å². The summed E-state index contributed by atoms with van der Waals surface area (Å²) in [6.07, 6.45) is 1.58. The number of fused-ring (bicyclic) bond motifs is 1. The van der Waals surface area contributed by atoms with Gasteiger partial charge in [-0.05, 0) is 38.0 Å². The molecule has 0 saturated carbocycles. The number of hydrogen-bond donors (Lipinski definition) is 1. The Morgan fingerprint density at radius 2 is 1.96 bits per heavy atom. The van der Waals surface area contributed by atoms with Gasteiger partial charge in [-0.2, -0.15) is 0 Å². The second-order valence-electron chi connectivity index (χ2n) is 7.21. The number of likely N-dealkylation sites (tertiary alicyclic amines) is 1. The minimum atomic E-state index is -0.365. The van der Waals surface area contributed by atoms with E-state index >= 15 is 0 Å². The molecule has 0 radical (unpaired) electrons. The van der Waals surface area contributed by atoms with Crippen molar-refractivity contribution >= 4 is 16.8 Å². The number of amides is 1. The molecule has 2 heterocycles. The number of rotatable bonds is 2. The minimum absolute atomic E-state index is 0.0504. The predicted octanol–water partition coefficient (Wildman–Crippen LogP) is 3.99. The molecule has 3 aromatic rings. The van der Waals surface area contributed by atoms with Gasteiger partial charge in [-0.25, -0.2) is 9.37 Å². The van der Waals surface area contributed by atoms with Gasteiger partial charge in [-0.15, -0.1) is 0 Å². The third-order valence-electron chi connectivity index (χ3n) is 5.25.